The third kappa shape index (κ3) is 4.07. The molecule has 0 saturated carbocycles. The van der Waals surface area contributed by atoms with Gasteiger partial charge in [-0.1, -0.05) is 22.9 Å². The van der Waals surface area contributed by atoms with Gasteiger partial charge in [0, 0.05) is 26.2 Å². The predicted molar refractivity (Wildman–Crippen MR) is 82.5 cm³/mol. The second-order valence-electron chi connectivity index (χ2n) is 5.72. The molecule has 1 aromatic heterocycles. The van der Waals surface area contributed by atoms with Gasteiger partial charge in [-0.15, -0.1) is 0 Å². The van der Waals surface area contributed by atoms with Gasteiger partial charge in [0.05, 0.1) is 0 Å². The van der Waals surface area contributed by atoms with Crippen molar-refractivity contribution in [3.63, 3.8) is 0 Å². The van der Waals surface area contributed by atoms with E-state index in [1.807, 2.05) is 25.7 Å². The van der Waals surface area contributed by atoms with Crippen LogP contribution < -0.4 is 4.90 Å². The smallest absolute Gasteiger partial charge is 0.410 e. The van der Waals surface area contributed by atoms with Gasteiger partial charge in [-0.05, 0) is 20.8 Å². The Balaban J connectivity index is 1.93. The maximum absolute atomic E-state index is 12.0. The molecule has 1 fully saturated rings. The quantitative estimate of drug-likeness (QED) is 0.780. The molecule has 0 spiro atoms. The zero-order chi connectivity index (χ0) is 15.6. The first kappa shape index (κ1) is 16.0. The number of anilines is 1. The number of amides is 1. The Bertz CT molecular complexity index is 533. The molecule has 6 nitrogen and oxygen atoms in total. The van der Waals surface area contributed by atoms with Crippen LogP contribution in [0.1, 0.15) is 30.4 Å². The van der Waals surface area contributed by atoms with Crippen molar-refractivity contribution < 1.29 is 14.3 Å². The fraction of sp³-hybridized carbons (Fsp3) is 0.615. The van der Waals surface area contributed by atoms with E-state index in [1.165, 1.54) is 11.3 Å². The SMILES string of the molecule is CC(C)(C)OC(=O)N1CCN(c2nc(Cl)c(C=O)s2)CC1. The van der Waals surface area contributed by atoms with Gasteiger partial charge in [-0.25, -0.2) is 9.78 Å². The molecule has 1 saturated heterocycles. The maximum atomic E-state index is 12.0. The van der Waals surface area contributed by atoms with Gasteiger partial charge < -0.3 is 14.5 Å². The van der Waals surface area contributed by atoms with E-state index in [0.29, 0.717) is 42.5 Å². The fourth-order valence-electron chi connectivity index (χ4n) is 1.92. The number of aromatic nitrogens is 1. The summed E-state index contributed by atoms with van der Waals surface area (Å²) in [7, 11) is 0. The van der Waals surface area contributed by atoms with E-state index >= 15 is 0 Å². The number of rotatable bonds is 2. The summed E-state index contributed by atoms with van der Waals surface area (Å²) >= 11 is 7.14. The molecule has 0 atom stereocenters. The standard InChI is InChI=1S/C13H18ClN3O3S/c1-13(2,3)20-12(19)17-6-4-16(5-7-17)11-15-10(14)9(8-18)21-11/h8H,4-7H2,1-3H3. The highest BCUT2D eigenvalue weighted by Gasteiger charge is 2.27. The van der Waals surface area contributed by atoms with Crippen molar-refractivity contribution in [1.82, 2.24) is 9.88 Å². The van der Waals surface area contributed by atoms with E-state index in [-0.39, 0.29) is 11.2 Å². The zero-order valence-corrected chi connectivity index (χ0v) is 13.8. The minimum atomic E-state index is -0.490. The van der Waals surface area contributed by atoms with Crippen molar-refractivity contribution in [3.05, 3.63) is 10.0 Å². The summed E-state index contributed by atoms with van der Waals surface area (Å²) in [6, 6.07) is 0. The van der Waals surface area contributed by atoms with Crippen LogP contribution in [0.4, 0.5) is 9.93 Å². The Labute approximate surface area is 132 Å². The van der Waals surface area contributed by atoms with Gasteiger partial charge >= 0.3 is 6.09 Å². The Hall–Kier alpha value is -1.34. The number of halogens is 1. The highest BCUT2D eigenvalue weighted by atomic mass is 35.5. The van der Waals surface area contributed by atoms with Gasteiger partial charge in [-0.3, -0.25) is 4.79 Å². The van der Waals surface area contributed by atoms with Gasteiger partial charge in [-0.2, -0.15) is 0 Å². The topological polar surface area (TPSA) is 62.7 Å². The Kier molecular flexibility index (Phi) is 4.73. The summed E-state index contributed by atoms with van der Waals surface area (Å²) in [4.78, 5) is 31.1. The lowest BCUT2D eigenvalue weighted by molar-refractivity contribution is 0.0240. The largest absolute Gasteiger partial charge is 0.444 e. The lowest BCUT2D eigenvalue weighted by Gasteiger charge is -2.35. The molecule has 116 valence electrons. The predicted octanol–water partition coefficient (Wildman–Crippen LogP) is 2.67. The summed E-state index contributed by atoms with van der Waals surface area (Å²) in [5.74, 6) is 0. The fourth-order valence-corrected chi connectivity index (χ4v) is 3.03. The number of aldehydes is 1. The summed E-state index contributed by atoms with van der Waals surface area (Å²) in [6.45, 7) is 7.94. The van der Waals surface area contributed by atoms with Crippen LogP contribution in [0.15, 0.2) is 0 Å². The molecule has 1 amide bonds. The van der Waals surface area contributed by atoms with Crippen molar-refractivity contribution in [3.8, 4) is 0 Å². The van der Waals surface area contributed by atoms with E-state index in [0.717, 1.165) is 0 Å². The van der Waals surface area contributed by atoms with Crippen LogP contribution >= 0.6 is 22.9 Å². The van der Waals surface area contributed by atoms with E-state index in [4.69, 9.17) is 16.3 Å². The highest BCUT2D eigenvalue weighted by Crippen LogP contribution is 2.29. The molecule has 0 bridgehead atoms. The second-order valence-corrected chi connectivity index (χ2v) is 7.09. The first-order valence-electron chi connectivity index (χ1n) is 6.64. The lowest BCUT2D eigenvalue weighted by atomic mass is 10.2. The lowest BCUT2D eigenvalue weighted by Crippen LogP contribution is -2.50. The van der Waals surface area contributed by atoms with E-state index < -0.39 is 5.60 Å². The number of carbonyl (C=O) groups excluding carboxylic acids is 2. The molecular weight excluding hydrogens is 314 g/mol. The average Bonchev–Trinajstić information content (AvgIpc) is 2.78. The molecule has 0 N–H and O–H groups in total. The summed E-state index contributed by atoms with van der Waals surface area (Å²) < 4.78 is 5.35. The molecule has 21 heavy (non-hydrogen) atoms. The normalized spacial score (nSPS) is 16.0. The van der Waals surface area contributed by atoms with Gasteiger partial charge in [0.1, 0.15) is 10.5 Å². The number of ether oxygens (including phenoxy) is 1. The molecule has 1 aromatic rings. The molecule has 8 heteroatoms. The number of carbonyl (C=O) groups is 2. The second kappa shape index (κ2) is 6.19. The zero-order valence-electron chi connectivity index (χ0n) is 12.3. The summed E-state index contributed by atoms with van der Waals surface area (Å²) in [5.41, 5.74) is -0.490. The van der Waals surface area contributed by atoms with Crippen molar-refractivity contribution in [2.75, 3.05) is 31.1 Å². The number of thiazole rings is 1. The van der Waals surface area contributed by atoms with E-state index in [9.17, 15) is 9.59 Å². The Morgan fingerprint density at radius 3 is 2.43 bits per heavy atom. The number of hydrogen-bond donors (Lipinski definition) is 0. The molecule has 0 radical (unpaired) electrons. The summed E-state index contributed by atoms with van der Waals surface area (Å²) in [6.07, 6.45) is 0.411. The van der Waals surface area contributed by atoms with E-state index in [1.54, 1.807) is 4.90 Å². The Morgan fingerprint density at radius 2 is 1.95 bits per heavy atom. The summed E-state index contributed by atoms with van der Waals surface area (Å²) in [5, 5.41) is 0.950. The van der Waals surface area contributed by atoms with Gasteiger partial charge in [0.25, 0.3) is 0 Å². The average molecular weight is 332 g/mol. The van der Waals surface area contributed by atoms with Crippen molar-refractivity contribution in [1.29, 1.82) is 0 Å². The minimum absolute atomic E-state index is 0.236. The van der Waals surface area contributed by atoms with Crippen molar-refractivity contribution in [2.24, 2.45) is 0 Å². The monoisotopic (exact) mass is 331 g/mol. The number of nitrogens with zero attached hydrogens (tertiary/aromatic N) is 3. The van der Waals surface area contributed by atoms with Crippen LogP contribution in [0, 0.1) is 0 Å². The molecule has 2 heterocycles. The van der Waals surface area contributed by atoms with Crippen LogP contribution in [0.5, 0.6) is 0 Å². The molecule has 0 aliphatic carbocycles. The number of hydrogen-bond acceptors (Lipinski definition) is 6. The highest BCUT2D eigenvalue weighted by molar-refractivity contribution is 7.17. The first-order valence-corrected chi connectivity index (χ1v) is 7.84. The van der Waals surface area contributed by atoms with Crippen LogP contribution in [0.25, 0.3) is 0 Å². The third-order valence-corrected chi connectivity index (χ3v) is 4.35. The van der Waals surface area contributed by atoms with Crippen molar-refractivity contribution in [2.45, 2.75) is 26.4 Å². The molecular formula is C13H18ClN3O3S. The first-order chi connectivity index (χ1) is 9.80. The van der Waals surface area contributed by atoms with E-state index in [2.05, 4.69) is 4.98 Å². The van der Waals surface area contributed by atoms with Crippen LogP contribution in [-0.2, 0) is 4.74 Å². The third-order valence-electron chi connectivity index (χ3n) is 2.91. The maximum Gasteiger partial charge on any atom is 0.410 e. The minimum Gasteiger partial charge on any atom is -0.444 e. The number of piperazine rings is 1. The van der Waals surface area contributed by atoms with Gasteiger partial charge in [0.2, 0.25) is 0 Å². The van der Waals surface area contributed by atoms with Crippen LogP contribution in [0.2, 0.25) is 5.15 Å². The Morgan fingerprint density at radius 1 is 1.33 bits per heavy atom. The molecule has 1 aliphatic rings. The van der Waals surface area contributed by atoms with Gasteiger partial charge in [0.15, 0.2) is 16.6 Å². The molecule has 1 aliphatic heterocycles. The van der Waals surface area contributed by atoms with Crippen LogP contribution in [0.3, 0.4) is 0 Å². The molecule has 0 unspecified atom stereocenters. The van der Waals surface area contributed by atoms with Crippen molar-refractivity contribution >= 4 is 40.4 Å². The molecule has 0 aromatic carbocycles. The molecule has 2 rings (SSSR count). The van der Waals surface area contributed by atoms with Crippen LogP contribution in [-0.4, -0.2) is 54.0 Å².